The molecule has 16 nitrogen and oxygen atoms in total. The van der Waals surface area contributed by atoms with E-state index in [-0.39, 0.29) is 65.9 Å². The number of methoxy groups -OCH3 is 1. The maximum Gasteiger partial charge on any atom is 0.305 e. The second-order valence-corrected chi connectivity index (χ2v) is 21.4. The Morgan fingerprint density at radius 3 is 1.56 bits per heavy atom. The minimum Gasteiger partial charge on any atom is -0.469 e. The van der Waals surface area contributed by atoms with Gasteiger partial charge in [0.05, 0.1) is 62.5 Å². The summed E-state index contributed by atoms with van der Waals surface area (Å²) in [5, 5.41) is 3.28. The molecule has 2 aromatic carbocycles. The van der Waals surface area contributed by atoms with Crippen LogP contribution in [0.2, 0.25) is 0 Å². The van der Waals surface area contributed by atoms with Crippen LogP contribution in [0.15, 0.2) is 92.2 Å². The van der Waals surface area contributed by atoms with Gasteiger partial charge in [0, 0.05) is 84.3 Å². The summed E-state index contributed by atoms with van der Waals surface area (Å²) < 4.78 is 8.94. The first-order chi connectivity index (χ1) is 39.5. The SMILES string of the molecule is CCCCCCCc1c2nc(c(-c3nccn3C)c3ccc([nH]3)c(CCCCCCC)c3nc(c(-c4ccc(C(=O)NCCCn5c(=O)c6cc7c(=O)n(CCCCCC(=O)OC)c(=O)c7cc6c5=O)cc4)c4ccc1[nH]4)C=C3)C=C2. The van der Waals surface area contributed by atoms with Gasteiger partial charge in [-0.1, -0.05) is 83.8 Å². The molecule has 2 aliphatic rings. The highest BCUT2D eigenvalue weighted by molar-refractivity contribution is 5.99. The van der Waals surface area contributed by atoms with Crippen molar-refractivity contribution in [1.82, 2.24) is 43.9 Å². The number of nitrogens with zero attached hydrogens (tertiary/aromatic N) is 6. The molecule has 0 saturated carbocycles. The van der Waals surface area contributed by atoms with Crippen molar-refractivity contribution in [3.05, 3.63) is 154 Å². The minimum absolute atomic E-state index is 0.0233. The molecule has 8 heterocycles. The molecule has 2 aliphatic heterocycles. The van der Waals surface area contributed by atoms with Crippen molar-refractivity contribution in [2.24, 2.45) is 7.05 Å². The van der Waals surface area contributed by atoms with Crippen molar-refractivity contribution in [3.8, 4) is 22.5 Å². The zero-order chi connectivity index (χ0) is 56.6. The van der Waals surface area contributed by atoms with Gasteiger partial charge in [0.1, 0.15) is 5.82 Å². The number of unbranched alkanes of at least 4 members (excludes halogenated alkanes) is 10. The first-order valence-electron chi connectivity index (χ1n) is 28.9. The fraction of sp³-hybridized carbons (Fsp3) is 0.369. The Bertz CT molecular complexity index is 4010. The third kappa shape index (κ3) is 11.9. The van der Waals surface area contributed by atoms with Crippen LogP contribution in [0, 0.1) is 0 Å². The quantitative estimate of drug-likeness (QED) is 0.0364. The molecule has 3 N–H and O–H groups in total. The number of aromatic amines is 2. The molecule has 8 bridgehead atoms. The number of aromatic nitrogens is 8. The van der Waals surface area contributed by atoms with E-state index >= 15 is 0 Å². The number of amides is 1. The first kappa shape index (κ1) is 55.8. The number of aryl methyl sites for hydroxylation is 3. The Balaban J connectivity index is 0.940. The van der Waals surface area contributed by atoms with Crippen molar-refractivity contribution in [2.45, 2.75) is 136 Å². The van der Waals surface area contributed by atoms with Crippen molar-refractivity contribution in [3.63, 3.8) is 0 Å². The van der Waals surface area contributed by atoms with Crippen LogP contribution in [-0.2, 0) is 42.5 Å². The van der Waals surface area contributed by atoms with E-state index in [9.17, 15) is 28.8 Å². The molecule has 6 aromatic heterocycles. The van der Waals surface area contributed by atoms with Gasteiger partial charge in [-0.2, -0.15) is 0 Å². The van der Waals surface area contributed by atoms with Gasteiger partial charge in [0.25, 0.3) is 28.1 Å². The van der Waals surface area contributed by atoms with E-state index in [1.54, 1.807) is 12.1 Å². The van der Waals surface area contributed by atoms with Gasteiger partial charge >= 0.3 is 5.97 Å². The first-order valence-corrected chi connectivity index (χ1v) is 28.9. The van der Waals surface area contributed by atoms with Crippen molar-refractivity contribution >= 4 is 79.8 Å². The van der Waals surface area contributed by atoms with Crippen molar-refractivity contribution < 1.29 is 14.3 Å². The van der Waals surface area contributed by atoms with Crippen LogP contribution in [0.4, 0.5) is 0 Å². The molecule has 0 aliphatic carbocycles. The number of hydrogen-bond donors (Lipinski definition) is 3. The molecule has 0 unspecified atom stereocenters. The van der Waals surface area contributed by atoms with Gasteiger partial charge in [-0.3, -0.25) is 37.9 Å². The molecule has 81 heavy (non-hydrogen) atoms. The molecule has 0 saturated heterocycles. The summed E-state index contributed by atoms with van der Waals surface area (Å²) in [6.07, 6.45) is 27.5. The van der Waals surface area contributed by atoms with Crippen LogP contribution < -0.4 is 27.6 Å². The van der Waals surface area contributed by atoms with E-state index in [2.05, 4.69) is 82.4 Å². The Kier molecular flexibility index (Phi) is 17.4. The van der Waals surface area contributed by atoms with Crippen LogP contribution >= 0.6 is 0 Å². The normalized spacial score (nSPS) is 12.1. The Morgan fingerprint density at radius 1 is 0.556 bits per heavy atom. The monoisotopic (exact) mass is 1090 g/mol. The number of carbonyl (C=O) groups is 2. The summed E-state index contributed by atoms with van der Waals surface area (Å²) in [7, 11) is 3.34. The minimum atomic E-state index is -0.555. The summed E-state index contributed by atoms with van der Waals surface area (Å²) in [6, 6.07) is 18.8. The lowest BCUT2D eigenvalue weighted by molar-refractivity contribution is -0.140. The average molecular weight is 1090 g/mol. The summed E-state index contributed by atoms with van der Waals surface area (Å²) in [4.78, 5) is 102. The Labute approximate surface area is 469 Å². The maximum atomic E-state index is 13.7. The zero-order valence-electron chi connectivity index (χ0n) is 46.9. The number of ether oxygens (including phenoxy) is 1. The Morgan fingerprint density at radius 2 is 1.04 bits per heavy atom. The van der Waals surface area contributed by atoms with Crippen molar-refractivity contribution in [1.29, 1.82) is 0 Å². The second kappa shape index (κ2) is 25.3. The van der Waals surface area contributed by atoms with E-state index < -0.39 is 22.2 Å². The fourth-order valence-corrected chi connectivity index (χ4v) is 11.4. The number of benzene rings is 2. The standard InChI is InChI=1S/C65H71N9O7/c1-5-7-9-11-14-19-43-49-26-30-53(68-49)58(54-31-27-50(69-54)44(20-15-12-10-8-6-2)52-29-33-56(71-52)59(55-32-28-51(43)70-55)60-66-35-38-72(60)3)41-22-24-42(25-23-41)61(76)67-34-18-37-74-64(79)47-39-45-46(40-48(47)65(74)80)63(78)73(62(45)77)36-17-13-16-21-57(75)81-4/h22-33,35,38-40,68,71H,5-21,34,36-37H2,1-4H3,(H,67,76). The molecule has 0 radical (unpaired) electrons. The molecule has 8 aromatic rings. The van der Waals surface area contributed by atoms with Crippen LogP contribution in [0.25, 0.3) is 90.4 Å². The topological polar surface area (TPSA) is 209 Å². The third-order valence-electron chi connectivity index (χ3n) is 15.9. The number of nitrogens with one attached hydrogen (secondary N) is 3. The summed E-state index contributed by atoms with van der Waals surface area (Å²) in [6.45, 7) is 4.82. The maximum absolute atomic E-state index is 13.7. The molecule has 10 rings (SSSR count). The van der Waals surface area contributed by atoms with Gasteiger partial charge in [-0.05, 0) is 123 Å². The molecule has 418 valence electrons. The highest BCUT2D eigenvalue weighted by Crippen LogP contribution is 2.35. The average Bonchev–Trinajstić information content (AvgIpc) is 4.14. The van der Waals surface area contributed by atoms with Crippen molar-refractivity contribution in [2.75, 3.05) is 13.7 Å². The second-order valence-electron chi connectivity index (χ2n) is 21.4. The predicted octanol–water partition coefficient (Wildman–Crippen LogP) is 11.5. The summed E-state index contributed by atoms with van der Waals surface area (Å²) in [5.74, 6) is 0.197. The molecule has 0 spiro atoms. The largest absolute Gasteiger partial charge is 0.469 e. The fourth-order valence-electron chi connectivity index (χ4n) is 11.4. The van der Waals surface area contributed by atoms with E-state index in [4.69, 9.17) is 15.0 Å². The molecular weight excluding hydrogens is 1020 g/mol. The van der Waals surface area contributed by atoms with Gasteiger partial charge in [0.15, 0.2) is 0 Å². The number of H-pyrrole nitrogens is 2. The number of esters is 1. The number of rotatable bonds is 25. The van der Waals surface area contributed by atoms with E-state index in [1.807, 2.05) is 36.1 Å². The number of carbonyl (C=O) groups excluding carboxylic acids is 2. The molecular formula is C65H71N9O7. The van der Waals surface area contributed by atoms with Crippen LogP contribution in [0.3, 0.4) is 0 Å². The van der Waals surface area contributed by atoms with Crippen LogP contribution in [-0.4, -0.2) is 64.2 Å². The number of fused-ring (bicyclic) bond motifs is 10. The lowest BCUT2D eigenvalue weighted by Crippen LogP contribution is -2.29. The van der Waals surface area contributed by atoms with Crippen LogP contribution in [0.1, 0.15) is 154 Å². The van der Waals surface area contributed by atoms with Gasteiger partial charge in [-0.25, -0.2) is 15.0 Å². The zero-order valence-corrected chi connectivity index (χ0v) is 46.9. The van der Waals surface area contributed by atoms with Gasteiger partial charge in [-0.15, -0.1) is 0 Å². The summed E-state index contributed by atoms with van der Waals surface area (Å²) >= 11 is 0. The van der Waals surface area contributed by atoms with E-state index in [0.29, 0.717) is 24.8 Å². The predicted molar refractivity (Wildman–Crippen MR) is 324 cm³/mol. The smallest absolute Gasteiger partial charge is 0.305 e. The third-order valence-corrected chi connectivity index (χ3v) is 15.9. The number of hydrogen-bond acceptors (Lipinski definition) is 10. The molecule has 1 amide bonds. The lowest BCUT2D eigenvalue weighted by atomic mass is 10.0. The number of imidazole rings is 1. The molecule has 16 heteroatoms. The van der Waals surface area contributed by atoms with Gasteiger partial charge < -0.3 is 24.6 Å². The van der Waals surface area contributed by atoms with Crippen LogP contribution in [0.5, 0.6) is 0 Å². The van der Waals surface area contributed by atoms with E-state index in [0.717, 1.165) is 126 Å². The molecule has 0 atom stereocenters. The highest BCUT2D eigenvalue weighted by Gasteiger charge is 2.22. The Hall–Kier alpha value is -8.53. The lowest BCUT2D eigenvalue weighted by Gasteiger charge is -2.08. The van der Waals surface area contributed by atoms with E-state index in [1.165, 1.54) is 57.8 Å². The molecule has 0 fully saturated rings. The highest BCUT2D eigenvalue weighted by atomic mass is 16.5. The van der Waals surface area contributed by atoms with Gasteiger partial charge in [0.2, 0.25) is 0 Å². The summed E-state index contributed by atoms with van der Waals surface area (Å²) in [5.41, 5.74) is 10.5.